The van der Waals surface area contributed by atoms with Crippen LogP contribution in [0.4, 0.5) is 0 Å². The number of nitrogens with zero attached hydrogens (tertiary/aromatic N) is 4. The summed E-state index contributed by atoms with van der Waals surface area (Å²) < 4.78 is 18.1. The standard InChI is InChI=1S/C26H29ClN4O5S/c1-3-35-21-8-10-22(11-9-21)36-16-23-28-29-26(31(23)20-6-4-19(27)5-7-20)37-17-24(32)30-14-12-18(13-15-30)25(33)34-2/h4-11,18H,3,12-17H2,1-2H3. The number of carbonyl (C=O) groups is 2. The molecule has 0 atom stereocenters. The van der Waals surface area contributed by atoms with Crippen LogP contribution in [-0.2, 0) is 20.9 Å². The van der Waals surface area contributed by atoms with E-state index in [2.05, 4.69) is 10.2 Å². The molecule has 0 aliphatic carbocycles. The predicted molar refractivity (Wildman–Crippen MR) is 140 cm³/mol. The van der Waals surface area contributed by atoms with E-state index in [9.17, 15) is 9.59 Å². The molecule has 0 spiro atoms. The van der Waals surface area contributed by atoms with Gasteiger partial charge in [0.25, 0.3) is 0 Å². The molecule has 3 aromatic rings. The van der Waals surface area contributed by atoms with Crippen LogP contribution in [0.1, 0.15) is 25.6 Å². The van der Waals surface area contributed by atoms with Crippen molar-refractivity contribution in [2.24, 2.45) is 5.92 Å². The molecule has 0 saturated carbocycles. The van der Waals surface area contributed by atoms with Crippen molar-refractivity contribution < 1.29 is 23.8 Å². The summed E-state index contributed by atoms with van der Waals surface area (Å²) in [7, 11) is 1.39. The first-order valence-electron chi connectivity index (χ1n) is 12.0. The van der Waals surface area contributed by atoms with Gasteiger partial charge in [-0.15, -0.1) is 10.2 Å². The third kappa shape index (κ3) is 6.95. The second-order valence-corrected chi connectivity index (χ2v) is 9.75. The van der Waals surface area contributed by atoms with Gasteiger partial charge in [0.15, 0.2) is 11.0 Å². The number of esters is 1. The fraction of sp³-hybridized carbons (Fsp3) is 0.385. The normalized spacial score (nSPS) is 13.9. The van der Waals surface area contributed by atoms with E-state index in [1.165, 1.54) is 18.9 Å². The molecule has 0 bridgehead atoms. The van der Waals surface area contributed by atoms with Crippen molar-refractivity contribution in [1.82, 2.24) is 19.7 Å². The van der Waals surface area contributed by atoms with Crippen molar-refractivity contribution in [1.29, 1.82) is 0 Å². The van der Waals surface area contributed by atoms with Crippen LogP contribution in [0.5, 0.6) is 11.5 Å². The Morgan fingerprint density at radius 2 is 1.65 bits per heavy atom. The first kappa shape index (κ1) is 26.8. The minimum absolute atomic E-state index is 0.00819. The molecule has 196 valence electrons. The smallest absolute Gasteiger partial charge is 0.308 e. The Balaban J connectivity index is 1.43. The van der Waals surface area contributed by atoms with Crippen LogP contribution >= 0.6 is 23.4 Å². The Morgan fingerprint density at radius 1 is 1.00 bits per heavy atom. The van der Waals surface area contributed by atoms with Crippen LogP contribution < -0.4 is 9.47 Å². The maximum absolute atomic E-state index is 12.9. The van der Waals surface area contributed by atoms with Crippen LogP contribution in [0.2, 0.25) is 5.02 Å². The molecular formula is C26H29ClN4O5S. The highest BCUT2D eigenvalue weighted by Crippen LogP contribution is 2.26. The highest BCUT2D eigenvalue weighted by Gasteiger charge is 2.28. The molecule has 1 fully saturated rings. The van der Waals surface area contributed by atoms with Crippen molar-refractivity contribution in [2.45, 2.75) is 31.5 Å². The number of benzene rings is 2. The quantitative estimate of drug-likeness (QED) is 0.274. The van der Waals surface area contributed by atoms with Crippen molar-refractivity contribution in [3.05, 3.63) is 59.4 Å². The summed E-state index contributed by atoms with van der Waals surface area (Å²) in [6.07, 6.45) is 1.22. The van der Waals surface area contributed by atoms with E-state index in [1.807, 2.05) is 47.9 Å². The van der Waals surface area contributed by atoms with Gasteiger partial charge in [-0.3, -0.25) is 14.2 Å². The van der Waals surface area contributed by atoms with Crippen molar-refractivity contribution in [3.63, 3.8) is 0 Å². The maximum Gasteiger partial charge on any atom is 0.308 e. The van der Waals surface area contributed by atoms with E-state index in [1.54, 1.807) is 17.0 Å². The van der Waals surface area contributed by atoms with Gasteiger partial charge in [0, 0.05) is 23.8 Å². The maximum atomic E-state index is 12.9. The topological polar surface area (TPSA) is 95.8 Å². The van der Waals surface area contributed by atoms with Crippen LogP contribution in [0, 0.1) is 5.92 Å². The molecular weight excluding hydrogens is 516 g/mol. The number of methoxy groups -OCH3 is 1. The second-order valence-electron chi connectivity index (χ2n) is 8.37. The molecule has 1 amide bonds. The molecule has 37 heavy (non-hydrogen) atoms. The number of thioether (sulfide) groups is 1. The summed E-state index contributed by atoms with van der Waals surface area (Å²) in [5.74, 6) is 1.88. The van der Waals surface area contributed by atoms with Gasteiger partial charge in [-0.2, -0.15) is 0 Å². The number of hydrogen-bond acceptors (Lipinski definition) is 8. The average molecular weight is 545 g/mol. The molecule has 1 aromatic heterocycles. The lowest BCUT2D eigenvalue weighted by atomic mass is 9.97. The number of likely N-dealkylation sites (tertiary alicyclic amines) is 1. The van der Waals surface area contributed by atoms with E-state index >= 15 is 0 Å². The lowest BCUT2D eigenvalue weighted by Gasteiger charge is -2.30. The molecule has 0 N–H and O–H groups in total. The third-order valence-corrected chi connectivity index (χ3v) is 7.16. The first-order chi connectivity index (χ1) is 18.0. The molecule has 0 unspecified atom stereocenters. The zero-order valence-corrected chi connectivity index (χ0v) is 22.3. The fourth-order valence-corrected chi connectivity index (χ4v) is 5.03. The summed E-state index contributed by atoms with van der Waals surface area (Å²) in [6.45, 7) is 3.77. The van der Waals surface area contributed by atoms with E-state index in [0.717, 1.165) is 11.4 Å². The average Bonchev–Trinajstić information content (AvgIpc) is 3.34. The number of aromatic nitrogens is 3. The Labute approximate surface area is 225 Å². The summed E-state index contributed by atoms with van der Waals surface area (Å²) in [5, 5.41) is 9.87. The van der Waals surface area contributed by atoms with Crippen LogP contribution in [-0.4, -0.2) is 64.1 Å². The lowest BCUT2D eigenvalue weighted by molar-refractivity contribution is -0.148. The number of amides is 1. The van der Waals surface area contributed by atoms with Gasteiger partial charge < -0.3 is 19.1 Å². The Hall–Kier alpha value is -3.24. The molecule has 11 heteroatoms. The Bertz CT molecular complexity index is 1190. The van der Waals surface area contributed by atoms with Crippen LogP contribution in [0.25, 0.3) is 5.69 Å². The number of piperidine rings is 1. The van der Waals surface area contributed by atoms with E-state index < -0.39 is 0 Å². The molecule has 0 radical (unpaired) electrons. The van der Waals surface area contributed by atoms with Gasteiger partial charge in [-0.05, 0) is 68.3 Å². The van der Waals surface area contributed by atoms with E-state index in [-0.39, 0.29) is 30.2 Å². The number of hydrogen-bond donors (Lipinski definition) is 0. The first-order valence-corrected chi connectivity index (χ1v) is 13.4. The Morgan fingerprint density at radius 3 is 2.27 bits per heavy atom. The second kappa shape index (κ2) is 12.8. The SMILES string of the molecule is CCOc1ccc(OCc2nnc(SCC(=O)N3CCC(C(=O)OC)CC3)n2-c2ccc(Cl)cc2)cc1. The zero-order valence-electron chi connectivity index (χ0n) is 20.8. The van der Waals surface area contributed by atoms with Gasteiger partial charge >= 0.3 is 5.97 Å². The van der Waals surface area contributed by atoms with Gasteiger partial charge in [-0.1, -0.05) is 23.4 Å². The highest BCUT2D eigenvalue weighted by atomic mass is 35.5. The molecule has 1 saturated heterocycles. The number of halogens is 1. The van der Waals surface area contributed by atoms with E-state index in [0.29, 0.717) is 54.3 Å². The van der Waals surface area contributed by atoms with Crippen molar-refractivity contribution >= 4 is 35.2 Å². The Kier molecular flexibility index (Phi) is 9.29. The molecule has 2 heterocycles. The fourth-order valence-electron chi connectivity index (χ4n) is 4.03. The van der Waals surface area contributed by atoms with Gasteiger partial charge in [-0.25, -0.2) is 0 Å². The summed E-state index contributed by atoms with van der Waals surface area (Å²) in [5.41, 5.74) is 0.813. The lowest BCUT2D eigenvalue weighted by Crippen LogP contribution is -2.41. The minimum atomic E-state index is -0.211. The van der Waals surface area contributed by atoms with Gasteiger partial charge in [0.2, 0.25) is 5.91 Å². The van der Waals surface area contributed by atoms with Crippen molar-refractivity contribution in [3.8, 4) is 17.2 Å². The summed E-state index contributed by atoms with van der Waals surface area (Å²) >= 11 is 7.41. The van der Waals surface area contributed by atoms with E-state index in [4.69, 9.17) is 25.8 Å². The number of ether oxygens (including phenoxy) is 3. The van der Waals surface area contributed by atoms with Gasteiger partial charge in [0.05, 0.1) is 25.4 Å². The van der Waals surface area contributed by atoms with Gasteiger partial charge in [0.1, 0.15) is 18.1 Å². The number of rotatable bonds is 10. The molecule has 1 aliphatic rings. The summed E-state index contributed by atoms with van der Waals surface area (Å²) in [4.78, 5) is 26.4. The molecule has 4 rings (SSSR count). The zero-order chi connectivity index (χ0) is 26.2. The third-order valence-electron chi connectivity index (χ3n) is 5.99. The molecule has 9 nitrogen and oxygen atoms in total. The minimum Gasteiger partial charge on any atom is -0.494 e. The monoisotopic (exact) mass is 544 g/mol. The highest BCUT2D eigenvalue weighted by molar-refractivity contribution is 7.99. The number of carbonyl (C=O) groups excluding carboxylic acids is 2. The molecule has 1 aliphatic heterocycles. The van der Waals surface area contributed by atoms with Crippen LogP contribution in [0.15, 0.2) is 53.7 Å². The largest absolute Gasteiger partial charge is 0.494 e. The summed E-state index contributed by atoms with van der Waals surface area (Å²) in [6, 6.07) is 14.7. The van der Waals surface area contributed by atoms with Crippen LogP contribution in [0.3, 0.4) is 0 Å². The van der Waals surface area contributed by atoms with Crippen molar-refractivity contribution in [2.75, 3.05) is 32.6 Å². The predicted octanol–water partition coefficient (Wildman–Crippen LogP) is 4.40. The molecule has 2 aromatic carbocycles.